The average Bonchev–Trinajstić information content (AvgIpc) is 3.43. The number of aliphatic hydroxyl groups is 1. The van der Waals surface area contributed by atoms with Crippen LogP contribution >= 0.6 is 0 Å². The van der Waals surface area contributed by atoms with E-state index in [2.05, 4.69) is 28.2 Å². The molecular formula is C28H40N8O4. The molecule has 1 unspecified atom stereocenters. The number of aliphatic hydroxyl groups excluding tert-OH is 1. The monoisotopic (exact) mass is 552 g/mol. The molecule has 40 heavy (non-hydrogen) atoms. The number of carbonyl (C=O) groups excluding carboxylic acids is 2. The molecule has 1 aromatic heterocycles. The molecule has 6 N–H and O–H groups in total. The molecule has 2 saturated heterocycles. The van der Waals surface area contributed by atoms with E-state index >= 15 is 0 Å². The highest BCUT2D eigenvalue weighted by Gasteiger charge is 2.54. The van der Waals surface area contributed by atoms with Crippen molar-refractivity contribution in [1.82, 2.24) is 24.3 Å². The summed E-state index contributed by atoms with van der Waals surface area (Å²) in [6.07, 6.45) is 2.57. The van der Waals surface area contributed by atoms with Crippen LogP contribution < -0.4 is 22.5 Å². The first kappa shape index (κ1) is 28.2. The third-order valence-electron chi connectivity index (χ3n) is 8.73. The molecule has 3 aliphatic rings. The number of aromatic nitrogens is 2. The predicted octanol–water partition coefficient (Wildman–Crippen LogP) is -0.394. The molecule has 0 bridgehead atoms. The van der Waals surface area contributed by atoms with E-state index in [1.165, 1.54) is 17.1 Å². The predicted molar refractivity (Wildman–Crippen MR) is 151 cm³/mol. The van der Waals surface area contributed by atoms with E-state index in [1.54, 1.807) is 22.1 Å². The number of likely N-dealkylation sites (tertiary alicyclic amines) is 1. The van der Waals surface area contributed by atoms with E-state index in [-0.39, 0.29) is 11.7 Å². The molecule has 3 amide bonds. The molecule has 0 radical (unpaired) electrons. The second-order valence-electron chi connectivity index (χ2n) is 11.6. The van der Waals surface area contributed by atoms with Gasteiger partial charge in [-0.1, -0.05) is 6.07 Å². The van der Waals surface area contributed by atoms with Crippen LogP contribution in [0.2, 0.25) is 0 Å². The molecule has 3 heterocycles. The van der Waals surface area contributed by atoms with E-state index in [4.69, 9.17) is 11.5 Å². The summed E-state index contributed by atoms with van der Waals surface area (Å²) in [5.74, 6) is 2.13. The number of piperazine rings is 1. The lowest BCUT2D eigenvalue weighted by molar-refractivity contribution is -0.139. The quantitative estimate of drug-likeness (QED) is 0.344. The maximum absolute atomic E-state index is 12.8. The van der Waals surface area contributed by atoms with Gasteiger partial charge in [0.25, 0.3) is 0 Å². The first-order chi connectivity index (χ1) is 19.1. The van der Waals surface area contributed by atoms with E-state index in [0.717, 1.165) is 61.6 Å². The number of urea groups is 1. The number of amides is 3. The largest absolute Gasteiger partial charge is 0.394 e. The number of fused-ring (bicyclic) bond motifs is 1. The van der Waals surface area contributed by atoms with Gasteiger partial charge in [0.2, 0.25) is 5.91 Å². The fourth-order valence-corrected chi connectivity index (χ4v) is 6.06. The Balaban J connectivity index is 1.14. The molecule has 2 aromatic rings. The maximum atomic E-state index is 12.8. The number of piperidine rings is 1. The van der Waals surface area contributed by atoms with Crippen molar-refractivity contribution < 1.29 is 14.7 Å². The second kappa shape index (κ2) is 11.3. The van der Waals surface area contributed by atoms with E-state index < -0.39 is 23.9 Å². The minimum absolute atomic E-state index is 0.161. The zero-order chi connectivity index (χ0) is 28.6. The fourth-order valence-electron chi connectivity index (χ4n) is 6.06. The van der Waals surface area contributed by atoms with Crippen LogP contribution in [0.1, 0.15) is 18.1 Å². The van der Waals surface area contributed by atoms with Gasteiger partial charge >= 0.3 is 11.7 Å². The Morgan fingerprint density at radius 1 is 1.12 bits per heavy atom. The van der Waals surface area contributed by atoms with Crippen LogP contribution in [0.15, 0.2) is 35.3 Å². The first-order valence-corrected chi connectivity index (χ1v) is 14.0. The summed E-state index contributed by atoms with van der Waals surface area (Å²) in [6, 6.07) is 7.19. The number of rotatable bonds is 8. The van der Waals surface area contributed by atoms with Crippen molar-refractivity contribution in [2.24, 2.45) is 29.2 Å². The van der Waals surface area contributed by atoms with Gasteiger partial charge in [-0.05, 0) is 73.9 Å². The van der Waals surface area contributed by atoms with Gasteiger partial charge in [0.05, 0.1) is 12.3 Å². The fraction of sp³-hybridized carbons (Fsp3) is 0.571. The molecular weight excluding hydrogens is 512 g/mol. The van der Waals surface area contributed by atoms with Crippen molar-refractivity contribution in [2.75, 3.05) is 64.3 Å². The second-order valence-corrected chi connectivity index (χ2v) is 11.6. The van der Waals surface area contributed by atoms with E-state index in [0.29, 0.717) is 26.2 Å². The van der Waals surface area contributed by atoms with Crippen molar-refractivity contribution in [3.05, 3.63) is 52.1 Å². The Bertz CT molecular complexity index is 1310. The number of hydrogen-bond donors (Lipinski definition) is 4. The molecule has 216 valence electrons. The van der Waals surface area contributed by atoms with Gasteiger partial charge in [0, 0.05) is 52.0 Å². The molecule has 2 aliphatic heterocycles. The van der Waals surface area contributed by atoms with Crippen LogP contribution in [-0.4, -0.2) is 106 Å². The Morgan fingerprint density at radius 2 is 1.80 bits per heavy atom. The van der Waals surface area contributed by atoms with Gasteiger partial charge in [-0.3, -0.25) is 14.7 Å². The lowest BCUT2D eigenvalue weighted by Crippen LogP contribution is -2.60. The third-order valence-corrected chi connectivity index (χ3v) is 8.73. The van der Waals surface area contributed by atoms with Crippen LogP contribution in [0, 0.1) is 24.7 Å². The van der Waals surface area contributed by atoms with Gasteiger partial charge in [-0.25, -0.2) is 9.59 Å². The molecule has 12 nitrogen and oxygen atoms in total. The SMILES string of the molecule is Cc1cc(-n2ccc(NC(=O)N3CCN(C(=O)[C@@](C)(N)CO)CC3)nc2=O)ccc1CCN1C[C@@H]2C(CN)[C@@H]2C1. The average molecular weight is 553 g/mol. The molecule has 12 heteroatoms. The molecule has 0 spiro atoms. The number of hydrogen-bond acceptors (Lipinski definition) is 8. The zero-order valence-corrected chi connectivity index (χ0v) is 23.3. The van der Waals surface area contributed by atoms with Crippen molar-refractivity contribution >= 4 is 17.8 Å². The van der Waals surface area contributed by atoms with Crippen molar-refractivity contribution in [3.8, 4) is 5.69 Å². The van der Waals surface area contributed by atoms with Gasteiger partial charge in [0.15, 0.2) is 0 Å². The molecule has 1 saturated carbocycles. The number of carbonyl (C=O) groups is 2. The number of anilines is 1. The Hall–Kier alpha value is -3.32. The van der Waals surface area contributed by atoms with E-state index in [9.17, 15) is 19.5 Å². The van der Waals surface area contributed by atoms with Crippen LogP contribution in [0.3, 0.4) is 0 Å². The zero-order valence-electron chi connectivity index (χ0n) is 23.3. The van der Waals surface area contributed by atoms with Crippen LogP contribution in [0.5, 0.6) is 0 Å². The van der Waals surface area contributed by atoms with E-state index in [1.807, 2.05) is 12.1 Å². The molecule has 3 fully saturated rings. The Labute approximate surface area is 233 Å². The number of nitrogens with zero attached hydrogens (tertiary/aromatic N) is 5. The highest BCUT2D eigenvalue weighted by molar-refractivity contribution is 5.89. The third kappa shape index (κ3) is 5.75. The molecule has 4 atom stereocenters. The number of benzene rings is 1. The lowest BCUT2D eigenvalue weighted by Gasteiger charge is -2.37. The summed E-state index contributed by atoms with van der Waals surface area (Å²) in [7, 11) is 0. The van der Waals surface area contributed by atoms with Crippen LogP contribution in [0.25, 0.3) is 5.69 Å². The van der Waals surface area contributed by atoms with Crippen LogP contribution in [-0.2, 0) is 11.2 Å². The number of nitrogens with one attached hydrogen (secondary N) is 1. The number of nitrogens with two attached hydrogens (primary N) is 2. The van der Waals surface area contributed by atoms with Gasteiger partial charge < -0.3 is 31.3 Å². The summed E-state index contributed by atoms with van der Waals surface area (Å²) >= 11 is 0. The summed E-state index contributed by atoms with van der Waals surface area (Å²) in [4.78, 5) is 47.7. The topological polar surface area (TPSA) is 163 Å². The number of aryl methyl sites for hydroxylation is 1. The highest BCUT2D eigenvalue weighted by atomic mass is 16.3. The molecule has 1 aliphatic carbocycles. The lowest BCUT2D eigenvalue weighted by atomic mass is 10.0. The molecule has 5 rings (SSSR count). The van der Waals surface area contributed by atoms with Crippen molar-refractivity contribution in [3.63, 3.8) is 0 Å². The maximum Gasteiger partial charge on any atom is 0.354 e. The summed E-state index contributed by atoms with van der Waals surface area (Å²) < 4.78 is 1.46. The van der Waals surface area contributed by atoms with Gasteiger partial charge in [0.1, 0.15) is 11.4 Å². The van der Waals surface area contributed by atoms with Crippen LogP contribution in [0.4, 0.5) is 10.6 Å². The molecule has 1 aromatic carbocycles. The van der Waals surface area contributed by atoms with Gasteiger partial charge in [-0.15, -0.1) is 0 Å². The van der Waals surface area contributed by atoms with Crippen molar-refractivity contribution in [2.45, 2.75) is 25.8 Å². The first-order valence-electron chi connectivity index (χ1n) is 14.0. The van der Waals surface area contributed by atoms with Crippen molar-refractivity contribution in [1.29, 1.82) is 0 Å². The van der Waals surface area contributed by atoms with Gasteiger partial charge in [-0.2, -0.15) is 4.98 Å². The minimum atomic E-state index is -1.35. The normalized spacial score (nSPS) is 24.0. The standard InChI is InChI=1S/C28H40N8O4/c1-18-13-20(4-3-19(18)5-7-33-15-22-21(14-29)23(22)16-33)36-8-6-24(32-27(36)40)31-26(39)35-11-9-34(10-12-35)25(38)28(2,30)17-37/h3-4,6,8,13,21-23,37H,5,7,9-12,14-17,29-30H2,1-2H3,(H,31,32,39,40)/t21?,22-,23+,28-/m0/s1. The summed E-state index contributed by atoms with van der Waals surface area (Å²) in [5, 5.41) is 12.0. The Kier molecular flexibility index (Phi) is 7.96. The Morgan fingerprint density at radius 3 is 2.40 bits per heavy atom. The summed E-state index contributed by atoms with van der Waals surface area (Å²) in [6.45, 7) is 8.44. The summed E-state index contributed by atoms with van der Waals surface area (Å²) in [5.41, 5.74) is 12.9. The smallest absolute Gasteiger partial charge is 0.354 e. The minimum Gasteiger partial charge on any atom is -0.394 e. The highest BCUT2D eigenvalue weighted by Crippen LogP contribution is 2.50.